The number of nitrogens with zero attached hydrogens (tertiary/aromatic N) is 1. The van der Waals surface area contributed by atoms with Crippen LogP contribution in [0.15, 0.2) is 18.2 Å². The molecule has 1 aliphatic rings. The van der Waals surface area contributed by atoms with Gasteiger partial charge >= 0.3 is 0 Å². The Labute approximate surface area is 113 Å². The summed E-state index contributed by atoms with van der Waals surface area (Å²) in [5.74, 6) is 0.603. The molecule has 2 rings (SSSR count). The number of aliphatic hydroxyl groups is 1. The predicted octanol–water partition coefficient (Wildman–Crippen LogP) is 1.12. The first-order chi connectivity index (χ1) is 8.87. The van der Waals surface area contributed by atoms with E-state index in [0.717, 1.165) is 0 Å². The lowest BCUT2D eigenvalue weighted by atomic mass is 9.82. The third kappa shape index (κ3) is 2.38. The maximum Gasteiger partial charge on any atom is 0.256 e. The van der Waals surface area contributed by atoms with Gasteiger partial charge in [-0.05, 0) is 18.1 Å². The molecule has 5 nitrogen and oxygen atoms in total. The molecule has 0 aliphatic carbocycles. The minimum Gasteiger partial charge on any atom is -0.497 e. The highest BCUT2D eigenvalue weighted by Gasteiger charge is 2.46. The molecule has 1 fully saturated rings. The monoisotopic (exact) mass is 264 g/mol. The quantitative estimate of drug-likeness (QED) is 0.802. The highest BCUT2D eigenvalue weighted by Crippen LogP contribution is 2.31. The van der Waals surface area contributed by atoms with Crippen molar-refractivity contribution in [2.24, 2.45) is 5.92 Å². The average molecular weight is 264 g/mol. The van der Waals surface area contributed by atoms with Crippen LogP contribution in [0.3, 0.4) is 0 Å². The lowest BCUT2D eigenvalue weighted by molar-refractivity contribution is -0.110. The number of methoxy groups -OCH3 is 1. The molecular weight excluding hydrogens is 244 g/mol. The fourth-order valence-corrected chi connectivity index (χ4v) is 2.16. The number of rotatable bonds is 3. The summed E-state index contributed by atoms with van der Waals surface area (Å²) in [5.41, 5.74) is 5.93. The second-order valence-electron chi connectivity index (χ2n) is 5.37. The van der Waals surface area contributed by atoms with E-state index in [1.54, 1.807) is 30.2 Å². The zero-order valence-corrected chi connectivity index (χ0v) is 11.5. The summed E-state index contributed by atoms with van der Waals surface area (Å²) in [5, 5.41) is 10.2. The van der Waals surface area contributed by atoms with Gasteiger partial charge in [0.2, 0.25) is 0 Å². The van der Waals surface area contributed by atoms with Gasteiger partial charge in [0.1, 0.15) is 11.4 Å². The second kappa shape index (κ2) is 4.74. The van der Waals surface area contributed by atoms with E-state index in [-0.39, 0.29) is 11.8 Å². The number of ether oxygens (including phenoxy) is 1. The van der Waals surface area contributed by atoms with Crippen molar-refractivity contribution in [2.45, 2.75) is 19.4 Å². The molecule has 0 bridgehead atoms. The van der Waals surface area contributed by atoms with Crippen molar-refractivity contribution in [3.05, 3.63) is 23.8 Å². The van der Waals surface area contributed by atoms with Crippen molar-refractivity contribution < 1.29 is 14.6 Å². The topological polar surface area (TPSA) is 75.8 Å². The fraction of sp³-hybridized carbons (Fsp3) is 0.500. The lowest BCUT2D eigenvalue weighted by Crippen LogP contribution is -2.66. The average Bonchev–Trinajstić information content (AvgIpc) is 2.33. The molecule has 1 aromatic rings. The Balaban J connectivity index is 2.10. The number of amides is 1. The van der Waals surface area contributed by atoms with Crippen LogP contribution < -0.4 is 10.5 Å². The van der Waals surface area contributed by atoms with Crippen molar-refractivity contribution in [1.29, 1.82) is 0 Å². The van der Waals surface area contributed by atoms with E-state index in [0.29, 0.717) is 30.1 Å². The Morgan fingerprint density at radius 2 is 2.11 bits per heavy atom. The van der Waals surface area contributed by atoms with Crippen LogP contribution in [0.1, 0.15) is 24.2 Å². The van der Waals surface area contributed by atoms with Crippen LogP contribution in [-0.4, -0.2) is 41.7 Å². The molecule has 104 valence electrons. The molecule has 5 heteroatoms. The summed E-state index contributed by atoms with van der Waals surface area (Å²) in [6.45, 7) is 4.61. The van der Waals surface area contributed by atoms with Gasteiger partial charge in [-0.2, -0.15) is 0 Å². The number of hydrogen-bond acceptors (Lipinski definition) is 4. The van der Waals surface area contributed by atoms with Gasteiger partial charge in [-0.1, -0.05) is 13.8 Å². The maximum absolute atomic E-state index is 12.3. The Bertz CT molecular complexity index is 493. The molecule has 0 saturated carbocycles. The van der Waals surface area contributed by atoms with Crippen LogP contribution in [0.2, 0.25) is 0 Å². The van der Waals surface area contributed by atoms with E-state index in [2.05, 4.69) is 0 Å². The van der Waals surface area contributed by atoms with E-state index in [4.69, 9.17) is 10.5 Å². The van der Waals surface area contributed by atoms with Crippen molar-refractivity contribution in [3.8, 4) is 5.75 Å². The Kier molecular flexibility index (Phi) is 3.41. The number of nitrogen functional groups attached to an aromatic ring is 1. The van der Waals surface area contributed by atoms with Crippen LogP contribution in [0.25, 0.3) is 0 Å². The predicted molar refractivity (Wildman–Crippen MR) is 73.1 cm³/mol. The number of nitrogens with two attached hydrogens (primary N) is 1. The molecule has 1 aliphatic heterocycles. The van der Waals surface area contributed by atoms with E-state index < -0.39 is 5.60 Å². The van der Waals surface area contributed by atoms with Gasteiger partial charge in [0.25, 0.3) is 5.91 Å². The summed E-state index contributed by atoms with van der Waals surface area (Å²) >= 11 is 0. The minimum absolute atomic E-state index is 0.129. The van der Waals surface area contributed by atoms with Crippen molar-refractivity contribution >= 4 is 11.6 Å². The van der Waals surface area contributed by atoms with Crippen molar-refractivity contribution in [3.63, 3.8) is 0 Å². The number of carbonyl (C=O) groups excluding carboxylic acids is 1. The fourth-order valence-electron chi connectivity index (χ4n) is 2.16. The van der Waals surface area contributed by atoms with Crippen molar-refractivity contribution in [1.82, 2.24) is 4.90 Å². The molecule has 1 saturated heterocycles. The van der Waals surface area contributed by atoms with Gasteiger partial charge in [-0.15, -0.1) is 0 Å². The summed E-state index contributed by atoms with van der Waals surface area (Å²) in [6.07, 6.45) is 0. The standard InChI is InChI=1S/C14H20N2O3/c1-9(2)14(18)7-16(8-14)13(17)11-5-4-10(19-3)6-12(11)15/h4-6,9,18H,7-8,15H2,1-3H3. The molecule has 0 unspecified atom stereocenters. The minimum atomic E-state index is -0.767. The molecule has 0 spiro atoms. The molecule has 0 aromatic heterocycles. The van der Waals surface area contributed by atoms with Crippen molar-refractivity contribution in [2.75, 3.05) is 25.9 Å². The Morgan fingerprint density at radius 3 is 2.58 bits per heavy atom. The molecule has 1 aromatic carbocycles. The summed E-state index contributed by atoms with van der Waals surface area (Å²) < 4.78 is 5.05. The van der Waals surface area contributed by atoms with Gasteiger partial charge in [0.05, 0.1) is 25.8 Å². The molecule has 0 atom stereocenters. The van der Waals surface area contributed by atoms with Gasteiger partial charge in [-0.3, -0.25) is 4.79 Å². The maximum atomic E-state index is 12.3. The molecule has 1 heterocycles. The zero-order chi connectivity index (χ0) is 14.2. The zero-order valence-electron chi connectivity index (χ0n) is 11.5. The summed E-state index contributed by atoms with van der Waals surface area (Å²) in [4.78, 5) is 13.9. The van der Waals surface area contributed by atoms with Gasteiger partial charge in [0, 0.05) is 11.8 Å². The number of carbonyl (C=O) groups is 1. The SMILES string of the molecule is COc1ccc(C(=O)N2CC(O)(C(C)C)C2)c(N)c1. The largest absolute Gasteiger partial charge is 0.497 e. The van der Waals surface area contributed by atoms with E-state index >= 15 is 0 Å². The van der Waals surface area contributed by atoms with Gasteiger partial charge in [-0.25, -0.2) is 0 Å². The highest BCUT2D eigenvalue weighted by molar-refractivity contribution is 6.00. The number of anilines is 1. The normalized spacial score (nSPS) is 17.2. The molecule has 1 amide bonds. The molecular formula is C14H20N2O3. The first-order valence-electron chi connectivity index (χ1n) is 6.32. The molecule has 0 radical (unpaired) electrons. The first kappa shape index (κ1) is 13.7. The van der Waals surface area contributed by atoms with E-state index in [1.165, 1.54) is 0 Å². The Morgan fingerprint density at radius 1 is 1.47 bits per heavy atom. The third-order valence-electron chi connectivity index (χ3n) is 3.78. The Hall–Kier alpha value is -1.75. The highest BCUT2D eigenvalue weighted by atomic mass is 16.5. The van der Waals surface area contributed by atoms with Crippen LogP contribution in [0, 0.1) is 5.92 Å². The number of hydrogen-bond donors (Lipinski definition) is 2. The number of β-amino-alcohol motifs (C(OH)–C–C–N with tert-alkyl or cyclic N) is 1. The van der Waals surface area contributed by atoms with Crippen LogP contribution in [0.4, 0.5) is 5.69 Å². The van der Waals surface area contributed by atoms with Gasteiger partial charge < -0.3 is 20.5 Å². The van der Waals surface area contributed by atoms with Gasteiger partial charge in [0.15, 0.2) is 0 Å². The molecule has 3 N–H and O–H groups in total. The van der Waals surface area contributed by atoms with E-state index in [1.807, 2.05) is 13.8 Å². The smallest absolute Gasteiger partial charge is 0.256 e. The van der Waals surface area contributed by atoms with Crippen LogP contribution in [0.5, 0.6) is 5.75 Å². The molecule has 19 heavy (non-hydrogen) atoms. The first-order valence-corrected chi connectivity index (χ1v) is 6.32. The number of likely N-dealkylation sites (tertiary alicyclic amines) is 1. The summed E-state index contributed by atoms with van der Waals surface area (Å²) in [7, 11) is 1.55. The summed E-state index contributed by atoms with van der Waals surface area (Å²) in [6, 6.07) is 4.99. The number of benzene rings is 1. The van der Waals surface area contributed by atoms with E-state index in [9.17, 15) is 9.90 Å². The van der Waals surface area contributed by atoms with Crippen LogP contribution >= 0.6 is 0 Å². The third-order valence-corrected chi connectivity index (χ3v) is 3.78. The lowest BCUT2D eigenvalue weighted by Gasteiger charge is -2.49. The second-order valence-corrected chi connectivity index (χ2v) is 5.37. The van der Waals surface area contributed by atoms with Crippen LogP contribution in [-0.2, 0) is 0 Å².